The number of carbonyl (C=O) groups is 1. The summed E-state index contributed by atoms with van der Waals surface area (Å²) in [5.74, 6) is 0. The maximum absolute atomic E-state index is 11.7. The molecule has 0 aliphatic carbocycles. The van der Waals surface area contributed by atoms with Crippen LogP contribution in [0.4, 0.5) is 17.1 Å². The van der Waals surface area contributed by atoms with Gasteiger partial charge in [-0.15, -0.1) is 0 Å². The number of carbonyl (C=O) groups excluding carboxylic acids is 1. The van der Waals surface area contributed by atoms with Crippen LogP contribution in [0.1, 0.15) is 19.4 Å². The van der Waals surface area contributed by atoms with Crippen LogP contribution in [-0.4, -0.2) is 37.1 Å². The molecule has 0 fully saturated rings. The van der Waals surface area contributed by atoms with Gasteiger partial charge in [0.25, 0.3) is 0 Å². The predicted molar refractivity (Wildman–Crippen MR) is 127 cm³/mol. The lowest BCUT2D eigenvalue weighted by molar-refractivity contribution is -0.114. The first kappa shape index (κ1) is 21.8. The molecule has 154 valence electrons. The summed E-state index contributed by atoms with van der Waals surface area (Å²) in [6.45, 7) is 4.44. The lowest BCUT2D eigenvalue weighted by atomic mass is 10.2. The average Bonchev–Trinajstić information content (AvgIpc) is 3.11. The molecule has 0 radical (unpaired) electrons. The van der Waals surface area contributed by atoms with Crippen molar-refractivity contribution in [2.45, 2.75) is 18.7 Å². The van der Waals surface area contributed by atoms with Gasteiger partial charge in [-0.2, -0.15) is 5.26 Å². The largest absolute Gasteiger partial charge is 0.386 e. The maximum atomic E-state index is 11.7. The molecule has 1 aliphatic rings. The van der Waals surface area contributed by atoms with Gasteiger partial charge in [0.05, 0.1) is 33.7 Å². The van der Waals surface area contributed by atoms with Gasteiger partial charge in [-0.1, -0.05) is 35.7 Å². The van der Waals surface area contributed by atoms with Crippen LogP contribution < -0.4 is 10.2 Å². The number of benzene rings is 2. The highest BCUT2D eigenvalue weighted by molar-refractivity contribution is 8.17. The Morgan fingerprint density at radius 1 is 1.37 bits per heavy atom. The second-order valence-corrected chi connectivity index (χ2v) is 8.68. The van der Waals surface area contributed by atoms with E-state index in [-0.39, 0.29) is 0 Å². The Hall–Kier alpha value is -2.89. The van der Waals surface area contributed by atoms with Crippen molar-refractivity contribution in [3.8, 4) is 6.07 Å². The molecule has 0 unspecified atom stereocenters. The molecule has 0 saturated carbocycles. The van der Waals surface area contributed by atoms with Crippen LogP contribution in [0.3, 0.4) is 0 Å². The molecule has 1 amide bonds. The van der Waals surface area contributed by atoms with Gasteiger partial charge < -0.3 is 10.2 Å². The van der Waals surface area contributed by atoms with Crippen molar-refractivity contribution >= 4 is 52.2 Å². The SMILES string of the molecule is CCN(C=O)C(=Nc1cc(C#N)ccc1NC)S/C(C)=C1\Sc2ccccc2N1C. The Labute approximate surface area is 185 Å². The molecule has 0 spiro atoms. The van der Waals surface area contributed by atoms with Crippen molar-refractivity contribution in [2.24, 2.45) is 4.99 Å². The van der Waals surface area contributed by atoms with E-state index >= 15 is 0 Å². The van der Waals surface area contributed by atoms with E-state index in [0.717, 1.165) is 27.7 Å². The average molecular weight is 438 g/mol. The van der Waals surface area contributed by atoms with Crippen molar-refractivity contribution in [1.29, 1.82) is 5.26 Å². The van der Waals surface area contributed by atoms with Crippen LogP contribution in [-0.2, 0) is 4.79 Å². The molecule has 3 rings (SSSR count). The van der Waals surface area contributed by atoms with Gasteiger partial charge in [0.1, 0.15) is 0 Å². The van der Waals surface area contributed by atoms with Crippen LogP contribution in [0.2, 0.25) is 0 Å². The molecular formula is C22H23N5OS2. The number of fused-ring (bicyclic) bond motifs is 1. The number of para-hydroxylation sites is 1. The van der Waals surface area contributed by atoms with Gasteiger partial charge in [0.2, 0.25) is 6.41 Å². The lowest BCUT2D eigenvalue weighted by Crippen LogP contribution is -2.27. The normalized spacial score (nSPS) is 14.8. The lowest BCUT2D eigenvalue weighted by Gasteiger charge is -2.20. The molecule has 0 bridgehead atoms. The van der Waals surface area contributed by atoms with Gasteiger partial charge in [-0.3, -0.25) is 9.69 Å². The smallest absolute Gasteiger partial charge is 0.215 e. The number of rotatable bonds is 5. The number of hydrogen-bond donors (Lipinski definition) is 1. The molecule has 0 saturated heterocycles. The standard InChI is InChI=1S/C22H23N5OS2/c1-5-27(14-28)22(25-18-12-16(13-23)10-11-17(18)24-3)29-15(2)21-26(4)19-8-6-7-9-20(19)30-21/h6-12,14,24H,5H2,1-4H3/b21-15-,25-22?. The highest BCUT2D eigenvalue weighted by Gasteiger charge is 2.25. The summed E-state index contributed by atoms with van der Waals surface area (Å²) >= 11 is 3.16. The summed E-state index contributed by atoms with van der Waals surface area (Å²) < 4.78 is 0. The Morgan fingerprint density at radius 2 is 2.13 bits per heavy atom. The first-order valence-corrected chi connectivity index (χ1v) is 11.1. The number of hydrogen-bond acceptors (Lipinski definition) is 7. The molecule has 2 aromatic carbocycles. The molecule has 8 heteroatoms. The summed E-state index contributed by atoms with van der Waals surface area (Å²) in [6, 6.07) is 15.7. The molecular weight excluding hydrogens is 414 g/mol. The quantitative estimate of drug-likeness (QED) is 0.392. The number of nitriles is 1. The number of allylic oxidation sites excluding steroid dienone is 1. The number of thioether (sulfide) groups is 2. The Balaban J connectivity index is 2.01. The Bertz CT molecular complexity index is 1060. The molecule has 0 atom stereocenters. The van der Waals surface area contributed by atoms with Crippen molar-refractivity contribution in [3.05, 3.63) is 58.0 Å². The monoisotopic (exact) mass is 437 g/mol. The third kappa shape index (κ3) is 4.48. The number of amidine groups is 1. The third-order valence-corrected chi connectivity index (χ3v) is 7.08. The molecule has 1 aliphatic heterocycles. The number of anilines is 2. The van der Waals surface area contributed by atoms with Gasteiger partial charge in [-0.05, 0) is 44.2 Å². The van der Waals surface area contributed by atoms with Crippen LogP contribution in [0.15, 0.2) is 62.3 Å². The molecule has 1 heterocycles. The summed E-state index contributed by atoms with van der Waals surface area (Å²) in [7, 11) is 3.85. The molecule has 6 nitrogen and oxygen atoms in total. The molecule has 1 N–H and O–H groups in total. The summed E-state index contributed by atoms with van der Waals surface area (Å²) in [6.07, 6.45) is 0.789. The van der Waals surface area contributed by atoms with E-state index in [1.54, 1.807) is 35.8 Å². The highest BCUT2D eigenvalue weighted by atomic mass is 32.2. The zero-order valence-corrected chi connectivity index (χ0v) is 19.0. The first-order valence-electron chi connectivity index (χ1n) is 9.44. The van der Waals surface area contributed by atoms with Crippen LogP contribution in [0.5, 0.6) is 0 Å². The Morgan fingerprint density at radius 3 is 2.77 bits per heavy atom. The second kappa shape index (κ2) is 9.74. The van der Waals surface area contributed by atoms with Gasteiger partial charge in [0, 0.05) is 30.4 Å². The number of aliphatic imine (C=N–C) groups is 1. The highest BCUT2D eigenvalue weighted by Crippen LogP contribution is 2.48. The molecule has 2 aromatic rings. The molecule has 30 heavy (non-hydrogen) atoms. The van der Waals surface area contributed by atoms with E-state index < -0.39 is 0 Å². The summed E-state index contributed by atoms with van der Waals surface area (Å²) in [5, 5.41) is 14.0. The zero-order valence-electron chi connectivity index (χ0n) is 17.3. The fourth-order valence-electron chi connectivity index (χ4n) is 3.00. The third-order valence-electron chi connectivity index (χ3n) is 4.61. The van der Waals surface area contributed by atoms with E-state index in [9.17, 15) is 10.1 Å². The Kier molecular flexibility index (Phi) is 7.08. The van der Waals surface area contributed by atoms with Gasteiger partial charge in [-0.25, -0.2) is 4.99 Å². The topological polar surface area (TPSA) is 71.7 Å². The summed E-state index contributed by atoms with van der Waals surface area (Å²) in [5.41, 5.74) is 3.09. The van der Waals surface area contributed by atoms with Gasteiger partial charge >= 0.3 is 0 Å². The summed E-state index contributed by atoms with van der Waals surface area (Å²) in [4.78, 5) is 22.5. The van der Waals surface area contributed by atoms with E-state index in [2.05, 4.69) is 28.4 Å². The fraction of sp³-hybridized carbons (Fsp3) is 0.227. The molecule has 0 aromatic heterocycles. The van der Waals surface area contributed by atoms with E-state index in [1.165, 1.54) is 16.7 Å². The van der Waals surface area contributed by atoms with Crippen LogP contribution >= 0.6 is 23.5 Å². The first-order chi connectivity index (χ1) is 14.5. The van der Waals surface area contributed by atoms with Crippen molar-refractivity contribution in [3.63, 3.8) is 0 Å². The minimum absolute atomic E-state index is 0.494. The number of amides is 1. The van der Waals surface area contributed by atoms with Crippen molar-refractivity contribution in [1.82, 2.24) is 4.90 Å². The van der Waals surface area contributed by atoms with E-state index in [1.807, 2.05) is 39.1 Å². The van der Waals surface area contributed by atoms with Crippen molar-refractivity contribution < 1.29 is 4.79 Å². The number of nitrogens with zero attached hydrogens (tertiary/aromatic N) is 4. The minimum Gasteiger partial charge on any atom is -0.386 e. The van der Waals surface area contributed by atoms with Crippen molar-refractivity contribution in [2.75, 3.05) is 30.9 Å². The minimum atomic E-state index is 0.494. The fourth-order valence-corrected chi connectivity index (χ4v) is 5.22. The zero-order chi connectivity index (χ0) is 21.7. The van der Waals surface area contributed by atoms with Crippen LogP contribution in [0, 0.1) is 11.3 Å². The maximum Gasteiger partial charge on any atom is 0.215 e. The van der Waals surface area contributed by atoms with Gasteiger partial charge in [0.15, 0.2) is 5.17 Å². The predicted octanol–water partition coefficient (Wildman–Crippen LogP) is 5.23. The second-order valence-electron chi connectivity index (χ2n) is 6.47. The van der Waals surface area contributed by atoms with Crippen LogP contribution in [0.25, 0.3) is 0 Å². The van der Waals surface area contributed by atoms with E-state index in [0.29, 0.717) is 23.0 Å². The number of nitrogens with one attached hydrogen (secondary N) is 1. The van der Waals surface area contributed by atoms with E-state index in [4.69, 9.17) is 4.99 Å².